The van der Waals surface area contributed by atoms with Crippen LogP contribution in [0.25, 0.3) is 0 Å². The maximum absolute atomic E-state index is 13.1. The maximum Gasteiger partial charge on any atom is 0.255 e. The molecule has 1 amide bonds. The Morgan fingerprint density at radius 1 is 0.938 bits per heavy atom. The number of ether oxygens (including phenoxy) is 3. The third-order valence-corrected chi connectivity index (χ3v) is 7.07. The first kappa shape index (κ1) is 23.9. The van der Waals surface area contributed by atoms with Crippen LogP contribution < -0.4 is 19.5 Å². The predicted octanol–water partition coefficient (Wildman–Crippen LogP) is 3.92. The van der Waals surface area contributed by atoms with E-state index >= 15 is 0 Å². The molecular weight excluding hydrogens is 432 g/mol. The number of nitrogens with one attached hydrogen (secondary N) is 1. The van der Waals surface area contributed by atoms with Crippen molar-refractivity contribution in [3.05, 3.63) is 42.0 Å². The molecule has 3 rings (SSSR count). The van der Waals surface area contributed by atoms with Crippen LogP contribution in [0.4, 0.5) is 5.69 Å². The van der Waals surface area contributed by atoms with Gasteiger partial charge in [-0.05, 0) is 63.1 Å². The number of anilines is 1. The highest BCUT2D eigenvalue weighted by Gasteiger charge is 2.27. The Kier molecular flexibility index (Phi) is 7.98. The number of sulfonamides is 1. The lowest BCUT2D eigenvalue weighted by atomic mass is 10.1. The molecule has 0 aromatic heterocycles. The van der Waals surface area contributed by atoms with Gasteiger partial charge in [0.1, 0.15) is 5.75 Å². The fraction of sp³-hybridized carbons (Fsp3) is 0.435. The van der Waals surface area contributed by atoms with Crippen LogP contribution in [0.2, 0.25) is 0 Å². The number of hydrogen-bond acceptors (Lipinski definition) is 6. The average Bonchev–Trinajstić information content (AvgIpc) is 2.81. The molecule has 1 heterocycles. The second kappa shape index (κ2) is 10.7. The van der Waals surface area contributed by atoms with Crippen molar-refractivity contribution in [2.24, 2.45) is 0 Å². The summed E-state index contributed by atoms with van der Waals surface area (Å²) in [5, 5.41) is 2.77. The highest BCUT2D eigenvalue weighted by molar-refractivity contribution is 7.89. The van der Waals surface area contributed by atoms with Crippen molar-refractivity contribution in [3.63, 3.8) is 0 Å². The summed E-state index contributed by atoms with van der Waals surface area (Å²) < 4.78 is 44.1. The molecule has 0 spiro atoms. The van der Waals surface area contributed by atoms with Crippen LogP contribution in [0.1, 0.15) is 43.5 Å². The Labute approximate surface area is 189 Å². The number of rotatable bonds is 9. The second-order valence-corrected chi connectivity index (χ2v) is 9.25. The number of carbonyl (C=O) groups is 1. The van der Waals surface area contributed by atoms with Crippen molar-refractivity contribution < 1.29 is 27.4 Å². The summed E-state index contributed by atoms with van der Waals surface area (Å²) in [6.45, 7) is 5.62. The van der Waals surface area contributed by atoms with Crippen molar-refractivity contribution in [3.8, 4) is 17.2 Å². The van der Waals surface area contributed by atoms with E-state index in [1.807, 2.05) is 13.8 Å². The van der Waals surface area contributed by atoms with Crippen LogP contribution in [0.15, 0.2) is 41.3 Å². The minimum Gasteiger partial charge on any atom is -0.495 e. The van der Waals surface area contributed by atoms with Gasteiger partial charge in [0.15, 0.2) is 11.5 Å². The normalized spacial score (nSPS) is 14.6. The number of methoxy groups -OCH3 is 1. The molecule has 1 aliphatic rings. The van der Waals surface area contributed by atoms with Crippen LogP contribution in [-0.4, -0.2) is 52.0 Å². The number of piperidine rings is 1. The lowest BCUT2D eigenvalue weighted by molar-refractivity contribution is 0.102. The Hall–Kier alpha value is -2.78. The molecule has 0 bridgehead atoms. The number of carbonyl (C=O) groups excluding carboxylic acids is 1. The molecule has 9 heteroatoms. The number of hydrogen-bond donors (Lipinski definition) is 1. The van der Waals surface area contributed by atoms with Gasteiger partial charge in [0.2, 0.25) is 10.0 Å². The molecule has 0 atom stereocenters. The predicted molar refractivity (Wildman–Crippen MR) is 122 cm³/mol. The second-order valence-electron chi connectivity index (χ2n) is 7.31. The van der Waals surface area contributed by atoms with Crippen molar-refractivity contribution in [2.45, 2.75) is 38.0 Å². The van der Waals surface area contributed by atoms with Crippen LogP contribution in [0.5, 0.6) is 17.2 Å². The van der Waals surface area contributed by atoms with Gasteiger partial charge in [-0.15, -0.1) is 0 Å². The van der Waals surface area contributed by atoms with Crippen molar-refractivity contribution in [1.29, 1.82) is 0 Å². The van der Waals surface area contributed by atoms with E-state index in [1.165, 1.54) is 23.5 Å². The Morgan fingerprint density at radius 2 is 1.59 bits per heavy atom. The molecule has 1 fully saturated rings. The SMILES string of the molecule is CCOc1ccc(C(=O)Nc2cc(S(=O)(=O)N3CCCCC3)ccc2OC)cc1OCC. The van der Waals surface area contributed by atoms with Gasteiger partial charge in [0.05, 0.1) is 30.9 Å². The van der Waals surface area contributed by atoms with Crippen LogP contribution in [-0.2, 0) is 10.0 Å². The summed E-state index contributed by atoms with van der Waals surface area (Å²) in [5.41, 5.74) is 0.630. The highest BCUT2D eigenvalue weighted by Crippen LogP contribution is 2.32. The van der Waals surface area contributed by atoms with E-state index in [2.05, 4.69) is 5.32 Å². The minimum absolute atomic E-state index is 0.122. The lowest BCUT2D eigenvalue weighted by Crippen LogP contribution is -2.35. The van der Waals surface area contributed by atoms with Crippen LogP contribution in [0.3, 0.4) is 0 Å². The molecular formula is C23H30N2O6S. The third-order valence-electron chi connectivity index (χ3n) is 5.18. The van der Waals surface area contributed by atoms with Gasteiger partial charge >= 0.3 is 0 Å². The third kappa shape index (κ3) is 5.34. The number of benzene rings is 2. The first-order chi connectivity index (χ1) is 15.4. The summed E-state index contributed by atoms with van der Waals surface area (Å²) in [4.78, 5) is 13.1. The lowest BCUT2D eigenvalue weighted by Gasteiger charge is -2.26. The van der Waals surface area contributed by atoms with Crippen molar-refractivity contribution in [2.75, 3.05) is 38.7 Å². The quantitative estimate of drug-likeness (QED) is 0.607. The van der Waals surface area contributed by atoms with E-state index in [0.29, 0.717) is 49.1 Å². The maximum atomic E-state index is 13.1. The monoisotopic (exact) mass is 462 g/mol. The molecule has 2 aromatic rings. The van der Waals surface area contributed by atoms with Gasteiger partial charge in [-0.2, -0.15) is 4.31 Å². The highest BCUT2D eigenvalue weighted by atomic mass is 32.2. The molecule has 0 aliphatic carbocycles. The van der Waals surface area contributed by atoms with Gasteiger partial charge < -0.3 is 19.5 Å². The molecule has 1 N–H and O–H groups in total. The standard InChI is InChI=1S/C23H30N2O6S/c1-4-30-21-11-9-17(15-22(21)31-5-2)23(26)24-19-16-18(10-12-20(19)29-3)32(27,28)25-13-7-6-8-14-25/h9-12,15-16H,4-8,13-14H2,1-3H3,(H,24,26). The Bertz CT molecular complexity index is 1050. The fourth-order valence-electron chi connectivity index (χ4n) is 3.59. The van der Waals surface area contributed by atoms with Gasteiger partial charge in [-0.3, -0.25) is 4.79 Å². The van der Waals surface area contributed by atoms with Crippen LogP contribution in [0, 0.1) is 0 Å². The molecule has 0 radical (unpaired) electrons. The molecule has 0 saturated carbocycles. The van der Waals surface area contributed by atoms with Gasteiger partial charge in [-0.25, -0.2) is 8.42 Å². The topological polar surface area (TPSA) is 94.2 Å². The van der Waals surface area contributed by atoms with E-state index in [9.17, 15) is 13.2 Å². The van der Waals surface area contributed by atoms with Gasteiger partial charge in [0, 0.05) is 18.7 Å². The average molecular weight is 463 g/mol. The summed E-state index contributed by atoms with van der Waals surface area (Å²) in [7, 11) is -2.18. The Balaban J connectivity index is 1.88. The van der Waals surface area contributed by atoms with E-state index in [0.717, 1.165) is 19.3 Å². The zero-order valence-corrected chi connectivity index (χ0v) is 19.5. The minimum atomic E-state index is -3.65. The van der Waals surface area contributed by atoms with E-state index in [-0.39, 0.29) is 10.6 Å². The smallest absolute Gasteiger partial charge is 0.255 e. The van der Waals surface area contributed by atoms with E-state index < -0.39 is 15.9 Å². The fourth-order valence-corrected chi connectivity index (χ4v) is 5.13. The van der Waals surface area contributed by atoms with E-state index in [4.69, 9.17) is 14.2 Å². The summed E-state index contributed by atoms with van der Waals surface area (Å²) in [6.07, 6.45) is 2.72. The van der Waals surface area contributed by atoms with Crippen LogP contribution >= 0.6 is 0 Å². The first-order valence-corrected chi connectivity index (χ1v) is 12.2. The summed E-state index contributed by atoms with van der Waals surface area (Å²) in [6, 6.07) is 9.41. The number of amides is 1. The van der Waals surface area contributed by atoms with E-state index in [1.54, 1.807) is 24.3 Å². The molecule has 0 unspecified atom stereocenters. The molecule has 1 aliphatic heterocycles. The molecule has 1 saturated heterocycles. The summed E-state index contributed by atoms with van der Waals surface area (Å²) >= 11 is 0. The molecule has 32 heavy (non-hydrogen) atoms. The first-order valence-electron chi connectivity index (χ1n) is 10.8. The Morgan fingerprint density at radius 3 is 2.25 bits per heavy atom. The zero-order chi connectivity index (χ0) is 23.1. The van der Waals surface area contributed by atoms with Crippen molar-refractivity contribution >= 4 is 21.6 Å². The van der Waals surface area contributed by atoms with Gasteiger partial charge in [0.25, 0.3) is 5.91 Å². The summed E-state index contributed by atoms with van der Waals surface area (Å²) in [5.74, 6) is 0.972. The zero-order valence-electron chi connectivity index (χ0n) is 18.7. The molecule has 8 nitrogen and oxygen atoms in total. The van der Waals surface area contributed by atoms with Crippen molar-refractivity contribution in [1.82, 2.24) is 4.31 Å². The largest absolute Gasteiger partial charge is 0.495 e. The molecule has 174 valence electrons. The number of nitrogens with zero attached hydrogens (tertiary/aromatic N) is 1. The molecule has 2 aromatic carbocycles. The van der Waals surface area contributed by atoms with Gasteiger partial charge in [-0.1, -0.05) is 6.42 Å².